The first-order chi connectivity index (χ1) is 13.6. The lowest BCUT2D eigenvalue weighted by molar-refractivity contribution is 0.0696. The highest BCUT2D eigenvalue weighted by atomic mass is 35.5. The summed E-state index contributed by atoms with van der Waals surface area (Å²) >= 11 is 0. The molecular weight excluding hydrogens is 390 g/mol. The largest absolute Gasteiger partial charge is 0.339 e. The van der Waals surface area contributed by atoms with E-state index in [0.29, 0.717) is 29.5 Å². The molecule has 0 saturated heterocycles. The van der Waals surface area contributed by atoms with E-state index in [9.17, 15) is 9.59 Å². The van der Waals surface area contributed by atoms with Gasteiger partial charge in [-0.15, -0.1) is 12.4 Å². The van der Waals surface area contributed by atoms with Crippen LogP contribution in [0.4, 0.5) is 5.69 Å². The molecule has 4 rings (SSSR count). The zero-order valence-corrected chi connectivity index (χ0v) is 17.5. The van der Waals surface area contributed by atoms with E-state index in [1.54, 1.807) is 24.3 Å². The van der Waals surface area contributed by atoms with E-state index in [1.807, 2.05) is 11.9 Å². The van der Waals surface area contributed by atoms with Crippen LogP contribution in [0.15, 0.2) is 24.3 Å². The second kappa shape index (κ2) is 9.41. The van der Waals surface area contributed by atoms with Gasteiger partial charge in [0.25, 0.3) is 11.8 Å². The molecule has 0 atom stereocenters. The van der Waals surface area contributed by atoms with Gasteiger partial charge in [0, 0.05) is 55.1 Å². The van der Waals surface area contributed by atoms with Gasteiger partial charge in [-0.25, -0.2) is 0 Å². The molecule has 2 aromatic rings. The summed E-state index contributed by atoms with van der Waals surface area (Å²) in [5.74, 6) is -0.197. The summed E-state index contributed by atoms with van der Waals surface area (Å²) in [6.45, 7) is 1.54. The summed E-state index contributed by atoms with van der Waals surface area (Å²) < 4.78 is 0. The average molecular weight is 418 g/mol. The predicted octanol–water partition coefficient (Wildman–Crippen LogP) is 3.13. The molecule has 8 heteroatoms. The molecule has 156 valence electrons. The third-order valence-electron chi connectivity index (χ3n) is 5.85. The number of aromatic nitrogens is 2. The minimum absolute atomic E-state index is 0. The number of fused-ring (bicyclic) bond motifs is 1. The molecule has 2 heterocycles. The smallest absolute Gasteiger partial charge is 0.276 e. The maximum atomic E-state index is 12.7. The highest BCUT2D eigenvalue weighted by Crippen LogP contribution is 2.23. The first-order valence-corrected chi connectivity index (χ1v) is 10.1. The maximum absolute atomic E-state index is 12.7. The molecule has 0 bridgehead atoms. The monoisotopic (exact) mass is 417 g/mol. The third-order valence-corrected chi connectivity index (χ3v) is 5.85. The van der Waals surface area contributed by atoms with Crippen molar-refractivity contribution in [1.82, 2.24) is 20.4 Å². The number of hydrogen-bond donors (Lipinski definition) is 3. The zero-order valence-electron chi connectivity index (χ0n) is 16.7. The average Bonchev–Trinajstić information content (AvgIpc) is 3.18. The van der Waals surface area contributed by atoms with Gasteiger partial charge < -0.3 is 15.5 Å². The van der Waals surface area contributed by atoms with Crippen molar-refractivity contribution in [2.45, 2.75) is 51.1 Å². The van der Waals surface area contributed by atoms with Gasteiger partial charge in [-0.2, -0.15) is 5.10 Å². The van der Waals surface area contributed by atoms with Gasteiger partial charge in [0.2, 0.25) is 0 Å². The molecule has 29 heavy (non-hydrogen) atoms. The van der Waals surface area contributed by atoms with Gasteiger partial charge in [-0.3, -0.25) is 14.7 Å². The Morgan fingerprint density at radius 3 is 2.59 bits per heavy atom. The van der Waals surface area contributed by atoms with Gasteiger partial charge in [-0.05, 0) is 37.1 Å². The van der Waals surface area contributed by atoms with Crippen LogP contribution in [0.5, 0.6) is 0 Å². The Kier molecular flexibility index (Phi) is 6.92. The fourth-order valence-electron chi connectivity index (χ4n) is 4.14. The topological polar surface area (TPSA) is 90.1 Å². The van der Waals surface area contributed by atoms with Crippen LogP contribution in [0.3, 0.4) is 0 Å². The van der Waals surface area contributed by atoms with Crippen molar-refractivity contribution in [3.05, 3.63) is 46.8 Å². The molecule has 1 aliphatic carbocycles. The molecule has 3 N–H and O–H groups in total. The normalized spacial score (nSPS) is 16.4. The van der Waals surface area contributed by atoms with Crippen LogP contribution >= 0.6 is 12.4 Å². The minimum atomic E-state index is -0.236. The fraction of sp³-hybridized carbons (Fsp3) is 0.476. The van der Waals surface area contributed by atoms with Crippen LogP contribution in [0.2, 0.25) is 0 Å². The van der Waals surface area contributed by atoms with E-state index in [-0.39, 0.29) is 24.2 Å². The summed E-state index contributed by atoms with van der Waals surface area (Å²) in [6, 6.07) is 7.44. The molecule has 0 radical (unpaired) electrons. The van der Waals surface area contributed by atoms with Gasteiger partial charge in [-0.1, -0.05) is 19.3 Å². The standard InChI is InChI=1S/C21H27N5O2.ClH/c1-26(16-5-3-2-4-6-16)21(28)14-7-9-15(10-8-14)23-20(27)19-17-13-22-12-11-18(17)24-25-19;/h7-10,16,22H,2-6,11-13H2,1H3,(H,23,27)(H,24,25);1H. The minimum Gasteiger partial charge on any atom is -0.339 e. The Balaban J connectivity index is 0.00000240. The van der Waals surface area contributed by atoms with Crippen LogP contribution < -0.4 is 10.6 Å². The Morgan fingerprint density at radius 1 is 1.14 bits per heavy atom. The number of carbonyl (C=O) groups excluding carboxylic acids is 2. The Hall–Kier alpha value is -2.38. The van der Waals surface area contributed by atoms with Gasteiger partial charge in [0.05, 0.1) is 0 Å². The number of carbonyl (C=O) groups is 2. The van der Waals surface area contributed by atoms with E-state index in [1.165, 1.54) is 19.3 Å². The number of H-pyrrole nitrogens is 1. The summed E-state index contributed by atoms with van der Waals surface area (Å²) in [4.78, 5) is 27.2. The Bertz CT molecular complexity index is 858. The molecule has 1 fully saturated rings. The molecular formula is C21H28ClN5O2. The van der Waals surface area contributed by atoms with Gasteiger partial charge in [0.15, 0.2) is 5.69 Å². The number of anilines is 1. The first-order valence-electron chi connectivity index (χ1n) is 10.1. The molecule has 2 amide bonds. The molecule has 7 nitrogen and oxygen atoms in total. The van der Waals surface area contributed by atoms with Crippen LogP contribution in [-0.2, 0) is 13.0 Å². The van der Waals surface area contributed by atoms with Crippen molar-refractivity contribution < 1.29 is 9.59 Å². The lowest BCUT2D eigenvalue weighted by Gasteiger charge is -2.31. The van der Waals surface area contributed by atoms with Crippen molar-refractivity contribution in [3.8, 4) is 0 Å². The van der Waals surface area contributed by atoms with E-state index in [2.05, 4.69) is 20.8 Å². The molecule has 0 spiro atoms. The van der Waals surface area contributed by atoms with E-state index in [0.717, 1.165) is 37.1 Å². The van der Waals surface area contributed by atoms with Gasteiger partial charge >= 0.3 is 0 Å². The molecule has 0 unspecified atom stereocenters. The third kappa shape index (κ3) is 4.62. The highest BCUT2D eigenvalue weighted by Gasteiger charge is 2.24. The molecule has 1 saturated carbocycles. The Labute approximate surface area is 177 Å². The molecule has 1 aromatic carbocycles. The second-order valence-electron chi connectivity index (χ2n) is 7.70. The van der Waals surface area contributed by atoms with E-state index in [4.69, 9.17) is 0 Å². The van der Waals surface area contributed by atoms with Crippen molar-refractivity contribution in [2.24, 2.45) is 0 Å². The number of rotatable bonds is 4. The lowest BCUT2D eigenvalue weighted by atomic mass is 9.94. The predicted molar refractivity (Wildman–Crippen MR) is 115 cm³/mol. The number of nitrogens with zero attached hydrogens (tertiary/aromatic N) is 2. The van der Waals surface area contributed by atoms with Crippen LogP contribution in [0, 0.1) is 0 Å². The number of amides is 2. The first kappa shape index (κ1) is 21.3. The van der Waals surface area contributed by atoms with Crippen molar-refractivity contribution in [1.29, 1.82) is 0 Å². The Morgan fingerprint density at radius 2 is 1.86 bits per heavy atom. The summed E-state index contributed by atoms with van der Waals surface area (Å²) in [7, 11) is 1.89. The van der Waals surface area contributed by atoms with Crippen molar-refractivity contribution >= 4 is 29.9 Å². The summed E-state index contributed by atoms with van der Waals surface area (Å²) in [5, 5.41) is 13.3. The van der Waals surface area contributed by atoms with Crippen molar-refractivity contribution in [3.63, 3.8) is 0 Å². The van der Waals surface area contributed by atoms with Gasteiger partial charge in [0.1, 0.15) is 0 Å². The summed E-state index contributed by atoms with van der Waals surface area (Å²) in [6.07, 6.45) is 6.67. The number of halogens is 1. The van der Waals surface area contributed by atoms with Crippen LogP contribution in [0.25, 0.3) is 0 Å². The number of benzene rings is 1. The lowest BCUT2D eigenvalue weighted by Crippen LogP contribution is -2.38. The molecule has 1 aliphatic heterocycles. The number of nitrogens with one attached hydrogen (secondary N) is 3. The van der Waals surface area contributed by atoms with E-state index >= 15 is 0 Å². The van der Waals surface area contributed by atoms with Crippen LogP contribution in [-0.4, -0.2) is 46.5 Å². The number of aromatic amines is 1. The van der Waals surface area contributed by atoms with Crippen LogP contribution in [0.1, 0.15) is 64.2 Å². The molecule has 1 aromatic heterocycles. The zero-order chi connectivity index (χ0) is 19.5. The maximum Gasteiger partial charge on any atom is 0.276 e. The SMILES string of the molecule is CN(C(=O)c1ccc(NC(=O)c2n[nH]c3c2CNCC3)cc1)C1CCCCC1.Cl. The summed E-state index contributed by atoms with van der Waals surface area (Å²) in [5.41, 5.74) is 3.69. The number of hydrogen-bond acceptors (Lipinski definition) is 4. The second-order valence-corrected chi connectivity index (χ2v) is 7.70. The fourth-order valence-corrected chi connectivity index (χ4v) is 4.14. The quantitative estimate of drug-likeness (QED) is 0.712. The highest BCUT2D eigenvalue weighted by molar-refractivity contribution is 6.04. The van der Waals surface area contributed by atoms with E-state index < -0.39 is 0 Å². The molecule has 2 aliphatic rings. The van der Waals surface area contributed by atoms with Crippen molar-refractivity contribution in [2.75, 3.05) is 18.9 Å².